The van der Waals surface area contributed by atoms with Crippen molar-refractivity contribution in [2.75, 3.05) is 12.3 Å². The molecule has 0 spiro atoms. The average molecular weight is 345 g/mol. The highest BCUT2D eigenvalue weighted by Gasteiger charge is 2.29. The summed E-state index contributed by atoms with van der Waals surface area (Å²) in [5.41, 5.74) is 8.86. The monoisotopic (exact) mass is 345 g/mol. The highest BCUT2D eigenvalue weighted by Crippen LogP contribution is 2.38. The van der Waals surface area contributed by atoms with Crippen LogP contribution in [0, 0.1) is 19.1 Å². The molecule has 1 fully saturated rings. The SMILES string of the molecule is [C-]#[N+]CC(C1CCCC1)n1cc(-c2c([N+]#[C-])cnn3c(N)ccc23)cn1. The van der Waals surface area contributed by atoms with Gasteiger partial charge in [0, 0.05) is 17.3 Å². The molecule has 0 saturated heterocycles. The molecular weight excluding hydrogens is 326 g/mol. The standard InChI is InChI=1S/C19H19N7/c1-21-11-17(13-5-3-4-6-13)25-12-14(9-23-25)19-15(22-2)10-24-26-16(19)7-8-18(26)20/h7-10,12-13,17H,3-6,11,20H2. The van der Waals surface area contributed by atoms with Gasteiger partial charge < -0.3 is 10.6 Å². The summed E-state index contributed by atoms with van der Waals surface area (Å²) in [5.74, 6) is 1.03. The van der Waals surface area contributed by atoms with Gasteiger partial charge in [0.05, 0.1) is 24.5 Å². The Labute approximate surface area is 151 Å². The van der Waals surface area contributed by atoms with Crippen molar-refractivity contribution in [2.24, 2.45) is 5.92 Å². The molecule has 0 amide bonds. The number of rotatable bonds is 4. The number of nitrogen functional groups attached to an aromatic ring is 1. The van der Waals surface area contributed by atoms with Crippen molar-refractivity contribution >= 4 is 17.0 Å². The van der Waals surface area contributed by atoms with Crippen molar-refractivity contribution in [2.45, 2.75) is 31.7 Å². The van der Waals surface area contributed by atoms with Gasteiger partial charge in [-0.3, -0.25) is 4.68 Å². The van der Waals surface area contributed by atoms with Crippen LogP contribution < -0.4 is 5.73 Å². The maximum absolute atomic E-state index is 7.49. The summed E-state index contributed by atoms with van der Waals surface area (Å²) < 4.78 is 3.55. The van der Waals surface area contributed by atoms with E-state index in [1.54, 1.807) is 16.8 Å². The predicted molar refractivity (Wildman–Crippen MR) is 99.6 cm³/mol. The fourth-order valence-electron chi connectivity index (χ4n) is 3.98. The van der Waals surface area contributed by atoms with Crippen molar-refractivity contribution in [1.29, 1.82) is 0 Å². The zero-order valence-corrected chi connectivity index (χ0v) is 14.3. The van der Waals surface area contributed by atoms with E-state index in [4.69, 9.17) is 18.9 Å². The first kappa shape index (κ1) is 16.2. The third-order valence-electron chi connectivity index (χ3n) is 5.27. The van der Waals surface area contributed by atoms with Gasteiger partial charge in [0.1, 0.15) is 11.9 Å². The molecule has 7 heteroatoms. The van der Waals surface area contributed by atoms with Gasteiger partial charge >= 0.3 is 0 Å². The van der Waals surface area contributed by atoms with E-state index in [0.717, 1.165) is 29.5 Å². The number of anilines is 1. The molecule has 2 N–H and O–H groups in total. The van der Waals surface area contributed by atoms with Gasteiger partial charge in [-0.15, -0.1) is 0 Å². The lowest BCUT2D eigenvalue weighted by Gasteiger charge is -2.18. The number of aromatic nitrogens is 4. The third-order valence-corrected chi connectivity index (χ3v) is 5.27. The second-order valence-corrected chi connectivity index (χ2v) is 6.73. The van der Waals surface area contributed by atoms with Crippen LogP contribution in [-0.2, 0) is 0 Å². The van der Waals surface area contributed by atoms with Gasteiger partial charge in [-0.05, 0) is 30.9 Å². The predicted octanol–water partition coefficient (Wildman–Crippen LogP) is 3.98. The molecule has 0 bridgehead atoms. The summed E-state index contributed by atoms with van der Waals surface area (Å²) in [5, 5.41) is 8.80. The van der Waals surface area contributed by atoms with Crippen molar-refractivity contribution in [3.05, 3.63) is 53.6 Å². The maximum Gasteiger partial charge on any atom is 0.237 e. The van der Waals surface area contributed by atoms with E-state index >= 15 is 0 Å². The Morgan fingerprint density at radius 2 is 2.00 bits per heavy atom. The second-order valence-electron chi connectivity index (χ2n) is 6.73. The molecule has 3 aromatic rings. The van der Waals surface area contributed by atoms with Crippen LogP contribution in [0.3, 0.4) is 0 Å². The van der Waals surface area contributed by atoms with Crippen LogP contribution >= 0.6 is 0 Å². The Morgan fingerprint density at radius 1 is 1.19 bits per heavy atom. The molecule has 130 valence electrons. The van der Waals surface area contributed by atoms with E-state index in [0.29, 0.717) is 24.0 Å². The summed E-state index contributed by atoms with van der Waals surface area (Å²) in [6.45, 7) is 15.2. The van der Waals surface area contributed by atoms with Crippen molar-refractivity contribution < 1.29 is 0 Å². The van der Waals surface area contributed by atoms with Crippen molar-refractivity contribution in [3.8, 4) is 11.1 Å². The first-order chi connectivity index (χ1) is 12.7. The number of hydrogen-bond donors (Lipinski definition) is 1. The minimum atomic E-state index is 0.0925. The molecule has 7 nitrogen and oxygen atoms in total. The van der Waals surface area contributed by atoms with E-state index in [1.165, 1.54) is 19.0 Å². The van der Waals surface area contributed by atoms with Crippen molar-refractivity contribution in [3.63, 3.8) is 0 Å². The van der Waals surface area contributed by atoms with E-state index in [-0.39, 0.29) is 6.04 Å². The number of hydrogen-bond acceptors (Lipinski definition) is 3. The Balaban J connectivity index is 1.80. The van der Waals surface area contributed by atoms with Gasteiger partial charge in [0.2, 0.25) is 12.2 Å². The van der Waals surface area contributed by atoms with Crippen LogP contribution in [0.1, 0.15) is 31.7 Å². The smallest absolute Gasteiger partial charge is 0.237 e. The highest BCUT2D eigenvalue weighted by molar-refractivity contribution is 5.90. The molecule has 26 heavy (non-hydrogen) atoms. The van der Waals surface area contributed by atoms with Crippen LogP contribution in [0.2, 0.25) is 0 Å². The first-order valence-electron chi connectivity index (χ1n) is 8.74. The van der Waals surface area contributed by atoms with Gasteiger partial charge in [0.25, 0.3) is 0 Å². The molecular formula is C19H19N7. The van der Waals surface area contributed by atoms with Crippen LogP contribution in [0.5, 0.6) is 0 Å². The van der Waals surface area contributed by atoms with Crippen LogP contribution in [-0.4, -0.2) is 25.9 Å². The van der Waals surface area contributed by atoms with E-state index < -0.39 is 0 Å². The quantitative estimate of drug-likeness (QED) is 0.727. The van der Waals surface area contributed by atoms with E-state index in [2.05, 4.69) is 19.9 Å². The molecule has 3 heterocycles. The molecule has 3 aromatic heterocycles. The molecule has 1 aliphatic rings. The Bertz CT molecular complexity index is 1020. The molecule has 0 aliphatic heterocycles. The van der Waals surface area contributed by atoms with Crippen LogP contribution in [0.4, 0.5) is 11.5 Å². The number of nitrogens with zero attached hydrogens (tertiary/aromatic N) is 6. The fourth-order valence-corrected chi connectivity index (χ4v) is 3.98. The third kappa shape index (κ3) is 2.58. The lowest BCUT2D eigenvalue weighted by Crippen LogP contribution is -2.20. The highest BCUT2D eigenvalue weighted by atomic mass is 15.3. The Morgan fingerprint density at radius 3 is 2.73 bits per heavy atom. The molecule has 1 aliphatic carbocycles. The number of nitrogens with two attached hydrogens (primary N) is 1. The summed E-state index contributed by atoms with van der Waals surface area (Å²) in [6.07, 6.45) is 10.0. The Hall–Kier alpha value is -3.32. The molecule has 1 saturated carbocycles. The zero-order chi connectivity index (χ0) is 18.1. The molecule has 1 atom stereocenters. The van der Waals surface area contributed by atoms with Gasteiger partial charge in [-0.25, -0.2) is 15.9 Å². The molecule has 4 rings (SSSR count). The molecule has 0 radical (unpaired) electrons. The molecule has 1 unspecified atom stereocenters. The number of fused-ring (bicyclic) bond motifs is 1. The van der Waals surface area contributed by atoms with E-state index in [9.17, 15) is 0 Å². The minimum absolute atomic E-state index is 0.0925. The van der Waals surface area contributed by atoms with E-state index in [1.807, 2.05) is 16.9 Å². The topological polar surface area (TPSA) is 69.9 Å². The van der Waals surface area contributed by atoms with Gasteiger partial charge in [-0.2, -0.15) is 10.2 Å². The summed E-state index contributed by atoms with van der Waals surface area (Å²) in [4.78, 5) is 7.26. The lowest BCUT2D eigenvalue weighted by molar-refractivity contribution is 0.329. The summed E-state index contributed by atoms with van der Waals surface area (Å²) >= 11 is 0. The summed E-state index contributed by atoms with van der Waals surface area (Å²) in [6, 6.07) is 3.75. The molecule has 0 aromatic carbocycles. The average Bonchev–Trinajstić information content (AvgIpc) is 3.40. The maximum atomic E-state index is 7.49. The summed E-state index contributed by atoms with van der Waals surface area (Å²) in [7, 11) is 0. The lowest BCUT2D eigenvalue weighted by atomic mass is 9.98. The minimum Gasteiger partial charge on any atom is -0.384 e. The fraction of sp³-hybridized carbons (Fsp3) is 0.368. The zero-order valence-electron chi connectivity index (χ0n) is 14.3. The van der Waals surface area contributed by atoms with Crippen LogP contribution in [0.25, 0.3) is 26.3 Å². The first-order valence-corrected chi connectivity index (χ1v) is 8.74. The van der Waals surface area contributed by atoms with Gasteiger partial charge in [0.15, 0.2) is 0 Å². The normalized spacial score (nSPS) is 15.8. The van der Waals surface area contributed by atoms with Crippen LogP contribution in [0.15, 0.2) is 30.7 Å². The van der Waals surface area contributed by atoms with Crippen molar-refractivity contribution in [1.82, 2.24) is 19.4 Å². The Kier molecular flexibility index (Phi) is 4.06. The largest absolute Gasteiger partial charge is 0.384 e. The van der Waals surface area contributed by atoms with Gasteiger partial charge in [-0.1, -0.05) is 12.8 Å². The second kappa shape index (κ2) is 6.53.